The summed E-state index contributed by atoms with van der Waals surface area (Å²) in [5.41, 5.74) is 3.91. The van der Waals surface area contributed by atoms with Gasteiger partial charge in [-0.05, 0) is 69.4 Å². The van der Waals surface area contributed by atoms with Crippen LogP contribution in [0.15, 0.2) is 30.5 Å². The van der Waals surface area contributed by atoms with Gasteiger partial charge < -0.3 is 14.2 Å². The molecule has 0 radical (unpaired) electrons. The van der Waals surface area contributed by atoms with Gasteiger partial charge in [-0.15, -0.1) is 0 Å². The molecule has 2 aliphatic rings. The Morgan fingerprint density at radius 1 is 1.19 bits per heavy atom. The van der Waals surface area contributed by atoms with Crippen molar-refractivity contribution in [1.82, 2.24) is 14.8 Å². The summed E-state index contributed by atoms with van der Waals surface area (Å²) < 4.78 is 7.45. The van der Waals surface area contributed by atoms with E-state index in [1.54, 1.807) is 4.90 Å². The molecule has 2 aliphatic heterocycles. The fourth-order valence-corrected chi connectivity index (χ4v) is 4.25. The minimum atomic E-state index is -0.501. The molecule has 7 heteroatoms. The molecule has 7 nitrogen and oxygen atoms in total. The van der Waals surface area contributed by atoms with Crippen molar-refractivity contribution in [2.45, 2.75) is 58.6 Å². The number of carbonyl (C=O) groups excluding carboxylic acids is 3. The number of amides is 3. The van der Waals surface area contributed by atoms with Gasteiger partial charge in [-0.25, -0.2) is 4.79 Å². The molecule has 1 aromatic carbocycles. The summed E-state index contributed by atoms with van der Waals surface area (Å²) in [7, 11) is 0. The Bertz CT molecular complexity index is 1090. The summed E-state index contributed by atoms with van der Waals surface area (Å²) in [5, 5.41) is 3.54. The number of hydrogen-bond acceptors (Lipinski definition) is 4. The average Bonchev–Trinajstić information content (AvgIpc) is 3.03. The first-order valence-corrected chi connectivity index (χ1v) is 10.7. The van der Waals surface area contributed by atoms with Crippen LogP contribution in [0.1, 0.15) is 57.2 Å². The van der Waals surface area contributed by atoms with E-state index in [-0.39, 0.29) is 23.9 Å². The molecule has 3 amide bonds. The van der Waals surface area contributed by atoms with E-state index in [0.717, 1.165) is 28.5 Å². The van der Waals surface area contributed by atoms with E-state index in [9.17, 15) is 14.4 Å². The molecule has 1 atom stereocenters. The smallest absolute Gasteiger partial charge is 0.410 e. The van der Waals surface area contributed by atoms with Gasteiger partial charge in [0.25, 0.3) is 0 Å². The lowest BCUT2D eigenvalue weighted by Gasteiger charge is -2.29. The van der Waals surface area contributed by atoms with Crippen LogP contribution in [-0.4, -0.2) is 46.1 Å². The number of benzene rings is 1. The number of carbonyl (C=O) groups is 3. The highest BCUT2D eigenvalue weighted by molar-refractivity contribution is 6.00. The van der Waals surface area contributed by atoms with Crippen LogP contribution >= 0.6 is 0 Å². The lowest BCUT2D eigenvalue weighted by atomic mass is 9.97. The van der Waals surface area contributed by atoms with E-state index >= 15 is 0 Å². The molecule has 1 N–H and O–H groups in total. The summed E-state index contributed by atoms with van der Waals surface area (Å²) in [4.78, 5) is 37.8. The lowest BCUT2D eigenvalue weighted by Crippen LogP contribution is -2.41. The maximum atomic E-state index is 12.3. The molecule has 4 rings (SSSR count). The fourth-order valence-electron chi connectivity index (χ4n) is 4.25. The Morgan fingerprint density at radius 2 is 1.97 bits per heavy atom. The van der Waals surface area contributed by atoms with Crippen LogP contribution in [0, 0.1) is 6.92 Å². The first-order valence-electron chi connectivity index (χ1n) is 10.7. The first-order chi connectivity index (χ1) is 14.6. The van der Waals surface area contributed by atoms with Crippen molar-refractivity contribution in [3.05, 3.63) is 41.6 Å². The van der Waals surface area contributed by atoms with Crippen LogP contribution < -0.4 is 5.32 Å². The summed E-state index contributed by atoms with van der Waals surface area (Å²) in [5.74, 6) is -0.448. The number of aromatic nitrogens is 1. The van der Waals surface area contributed by atoms with Gasteiger partial charge in [-0.1, -0.05) is 12.1 Å². The van der Waals surface area contributed by atoms with E-state index in [4.69, 9.17) is 4.74 Å². The monoisotopic (exact) mass is 423 g/mol. The summed E-state index contributed by atoms with van der Waals surface area (Å²) in [6, 6.07) is 5.90. The average molecular weight is 424 g/mol. The molecule has 1 aromatic heterocycles. The maximum absolute atomic E-state index is 12.3. The molecule has 31 heavy (non-hydrogen) atoms. The molecule has 2 aromatic rings. The highest BCUT2D eigenvalue weighted by Crippen LogP contribution is 2.32. The van der Waals surface area contributed by atoms with Crippen molar-refractivity contribution in [3.63, 3.8) is 0 Å². The quantitative estimate of drug-likeness (QED) is 0.742. The molecular weight excluding hydrogens is 394 g/mol. The zero-order valence-electron chi connectivity index (χ0n) is 18.5. The third-order valence-electron chi connectivity index (χ3n) is 5.81. The van der Waals surface area contributed by atoms with Crippen LogP contribution in [0.25, 0.3) is 16.5 Å². The maximum Gasteiger partial charge on any atom is 0.410 e. The van der Waals surface area contributed by atoms with Gasteiger partial charge in [-0.3, -0.25) is 14.9 Å². The van der Waals surface area contributed by atoms with Crippen LogP contribution in [-0.2, 0) is 14.3 Å². The number of fused-ring (bicyclic) bond motifs is 1. The second-order valence-electron chi connectivity index (χ2n) is 9.32. The predicted molar refractivity (Wildman–Crippen MR) is 118 cm³/mol. The number of nitrogens with zero attached hydrogens (tertiary/aromatic N) is 2. The zero-order chi connectivity index (χ0) is 22.3. The second kappa shape index (κ2) is 7.87. The van der Waals surface area contributed by atoms with E-state index in [0.29, 0.717) is 25.9 Å². The minimum absolute atomic E-state index is 0.207. The molecular formula is C24H29N3O4. The van der Waals surface area contributed by atoms with Gasteiger partial charge >= 0.3 is 6.09 Å². The van der Waals surface area contributed by atoms with E-state index in [1.165, 1.54) is 5.57 Å². The number of hydrogen-bond donors (Lipinski definition) is 1. The summed E-state index contributed by atoms with van der Waals surface area (Å²) >= 11 is 0. The van der Waals surface area contributed by atoms with Crippen molar-refractivity contribution in [2.24, 2.45) is 0 Å². The topological polar surface area (TPSA) is 80.6 Å². The normalized spacial score (nSPS) is 19.9. The Hall–Kier alpha value is -3.09. The fraction of sp³-hybridized carbons (Fsp3) is 0.458. The molecule has 1 unspecified atom stereocenters. The van der Waals surface area contributed by atoms with Crippen molar-refractivity contribution in [2.75, 3.05) is 13.1 Å². The number of rotatable bonds is 2. The zero-order valence-corrected chi connectivity index (χ0v) is 18.5. The van der Waals surface area contributed by atoms with Crippen molar-refractivity contribution >= 4 is 34.4 Å². The largest absolute Gasteiger partial charge is 0.444 e. The Labute approximate surface area is 182 Å². The molecule has 0 bridgehead atoms. The van der Waals surface area contributed by atoms with Crippen molar-refractivity contribution in [1.29, 1.82) is 0 Å². The first kappa shape index (κ1) is 21.2. The van der Waals surface area contributed by atoms with E-state index in [2.05, 4.69) is 23.5 Å². The lowest BCUT2D eigenvalue weighted by molar-refractivity contribution is -0.135. The molecule has 1 saturated heterocycles. The molecule has 1 fully saturated rings. The van der Waals surface area contributed by atoms with Crippen LogP contribution in [0.5, 0.6) is 0 Å². The molecule has 0 saturated carbocycles. The Kier molecular flexibility index (Phi) is 5.37. The molecule has 164 valence electrons. The predicted octanol–water partition coefficient (Wildman–Crippen LogP) is 3.95. The minimum Gasteiger partial charge on any atom is -0.444 e. The number of piperidine rings is 1. The number of imide groups is 1. The number of nitrogens with one attached hydrogen (secondary N) is 1. The van der Waals surface area contributed by atoms with Crippen LogP contribution in [0.3, 0.4) is 0 Å². The van der Waals surface area contributed by atoms with Gasteiger partial charge in [0, 0.05) is 36.6 Å². The highest BCUT2D eigenvalue weighted by atomic mass is 16.6. The van der Waals surface area contributed by atoms with Gasteiger partial charge in [0.05, 0.1) is 0 Å². The SMILES string of the molecule is Cc1cn(C2CCC(=O)NC2=O)c2ccc(C3=CCN(C(=O)OC(C)(C)C)CC3)cc12. The van der Waals surface area contributed by atoms with Crippen LogP contribution in [0.4, 0.5) is 4.79 Å². The third kappa shape index (κ3) is 4.36. The number of ether oxygens (including phenoxy) is 1. The molecule has 0 aliphatic carbocycles. The molecule has 0 spiro atoms. The van der Waals surface area contributed by atoms with Crippen molar-refractivity contribution in [3.8, 4) is 0 Å². The van der Waals surface area contributed by atoms with Gasteiger partial charge in [-0.2, -0.15) is 0 Å². The van der Waals surface area contributed by atoms with Gasteiger partial charge in [0.2, 0.25) is 11.8 Å². The second-order valence-corrected chi connectivity index (χ2v) is 9.32. The third-order valence-corrected chi connectivity index (χ3v) is 5.81. The Morgan fingerprint density at radius 3 is 2.61 bits per heavy atom. The number of aryl methyl sites for hydroxylation is 1. The van der Waals surface area contributed by atoms with Crippen molar-refractivity contribution < 1.29 is 19.1 Å². The van der Waals surface area contributed by atoms with Crippen LogP contribution in [0.2, 0.25) is 0 Å². The summed E-state index contributed by atoms with van der Waals surface area (Å²) in [6.07, 6.45) is 5.43. The summed E-state index contributed by atoms with van der Waals surface area (Å²) in [6.45, 7) is 8.79. The standard InChI is InChI=1S/C24H29N3O4/c1-15-14-27(20-7-8-21(28)25-22(20)29)19-6-5-17(13-18(15)19)16-9-11-26(12-10-16)23(30)31-24(2,3)4/h5-6,9,13-14,20H,7-8,10-12H2,1-4H3,(H,25,28,29). The molecule has 3 heterocycles. The van der Waals surface area contributed by atoms with E-state index < -0.39 is 5.60 Å². The Balaban J connectivity index is 1.55. The van der Waals surface area contributed by atoms with Gasteiger partial charge in [0.1, 0.15) is 11.6 Å². The highest BCUT2D eigenvalue weighted by Gasteiger charge is 2.29. The van der Waals surface area contributed by atoms with Gasteiger partial charge in [0.15, 0.2) is 0 Å². The van der Waals surface area contributed by atoms with E-state index in [1.807, 2.05) is 44.5 Å².